The standard InChI is InChI=1S/C16H28N2O3/c1-15(2,3)11-6-8-16(21,9-7-11)10-17-14(20)12-4-5-13(19)18-12/h11-12,21H,4-10H2,1-3H3,(H,17,20)(H,18,19). The molecule has 2 aliphatic rings. The van der Waals surface area contributed by atoms with Crippen molar-refractivity contribution in [2.45, 2.75) is 70.9 Å². The zero-order chi connectivity index (χ0) is 15.7. The summed E-state index contributed by atoms with van der Waals surface area (Å²) in [6.07, 6.45) is 4.41. The molecule has 1 heterocycles. The summed E-state index contributed by atoms with van der Waals surface area (Å²) in [7, 11) is 0. The molecule has 5 heteroatoms. The van der Waals surface area contributed by atoms with Crippen molar-refractivity contribution >= 4 is 11.8 Å². The molecule has 1 aliphatic heterocycles. The van der Waals surface area contributed by atoms with E-state index in [2.05, 4.69) is 31.4 Å². The molecule has 1 saturated heterocycles. The fourth-order valence-electron chi connectivity index (χ4n) is 3.38. The largest absolute Gasteiger partial charge is 0.388 e. The normalized spacial score (nSPS) is 33.6. The molecule has 1 saturated carbocycles. The fraction of sp³-hybridized carbons (Fsp3) is 0.875. The lowest BCUT2D eigenvalue weighted by Gasteiger charge is -2.41. The topological polar surface area (TPSA) is 78.4 Å². The molecule has 0 bridgehead atoms. The highest BCUT2D eigenvalue weighted by Crippen LogP contribution is 2.41. The minimum absolute atomic E-state index is 0.0699. The Balaban J connectivity index is 1.78. The van der Waals surface area contributed by atoms with Gasteiger partial charge in [0, 0.05) is 13.0 Å². The summed E-state index contributed by atoms with van der Waals surface area (Å²) in [5.41, 5.74) is -0.515. The van der Waals surface area contributed by atoms with Crippen molar-refractivity contribution in [2.24, 2.45) is 11.3 Å². The maximum atomic E-state index is 12.0. The molecule has 0 aromatic carbocycles. The van der Waals surface area contributed by atoms with E-state index < -0.39 is 11.6 Å². The number of hydrogen-bond acceptors (Lipinski definition) is 3. The van der Waals surface area contributed by atoms with Gasteiger partial charge in [0.1, 0.15) is 6.04 Å². The third kappa shape index (κ3) is 4.19. The number of rotatable bonds is 3. The lowest BCUT2D eigenvalue weighted by Crippen LogP contribution is -2.50. The van der Waals surface area contributed by atoms with Gasteiger partial charge in [-0.3, -0.25) is 9.59 Å². The first-order valence-corrected chi connectivity index (χ1v) is 7.99. The van der Waals surface area contributed by atoms with Crippen LogP contribution < -0.4 is 10.6 Å². The first-order chi connectivity index (χ1) is 9.70. The van der Waals surface area contributed by atoms with Gasteiger partial charge in [0.15, 0.2) is 0 Å². The predicted octanol–water partition coefficient (Wildman–Crippen LogP) is 1.35. The quantitative estimate of drug-likeness (QED) is 0.735. The Kier molecular flexibility index (Phi) is 4.61. The van der Waals surface area contributed by atoms with Gasteiger partial charge in [0.25, 0.3) is 0 Å². The summed E-state index contributed by atoms with van der Waals surface area (Å²) in [6, 6.07) is -0.424. The van der Waals surface area contributed by atoms with Gasteiger partial charge in [-0.25, -0.2) is 0 Å². The Hall–Kier alpha value is -1.10. The van der Waals surface area contributed by atoms with Gasteiger partial charge >= 0.3 is 0 Å². The summed E-state index contributed by atoms with van der Waals surface area (Å²) in [6.45, 7) is 7.01. The Morgan fingerprint density at radius 2 is 1.95 bits per heavy atom. The summed E-state index contributed by atoms with van der Waals surface area (Å²) in [5.74, 6) is 0.384. The smallest absolute Gasteiger partial charge is 0.242 e. The van der Waals surface area contributed by atoms with Crippen LogP contribution in [0.5, 0.6) is 0 Å². The van der Waals surface area contributed by atoms with Gasteiger partial charge in [-0.05, 0) is 43.4 Å². The molecule has 1 atom stereocenters. The van der Waals surface area contributed by atoms with E-state index in [1.54, 1.807) is 0 Å². The summed E-state index contributed by atoms with van der Waals surface area (Å²) >= 11 is 0. The van der Waals surface area contributed by atoms with Crippen molar-refractivity contribution in [1.29, 1.82) is 0 Å². The zero-order valence-electron chi connectivity index (χ0n) is 13.4. The van der Waals surface area contributed by atoms with Crippen molar-refractivity contribution < 1.29 is 14.7 Å². The van der Waals surface area contributed by atoms with Crippen LogP contribution in [0.2, 0.25) is 0 Å². The number of nitrogens with one attached hydrogen (secondary N) is 2. The first kappa shape index (κ1) is 16.3. The molecular weight excluding hydrogens is 268 g/mol. The van der Waals surface area contributed by atoms with Crippen LogP contribution in [-0.4, -0.2) is 35.1 Å². The third-order valence-corrected chi connectivity index (χ3v) is 5.04. The van der Waals surface area contributed by atoms with Gasteiger partial charge in [-0.1, -0.05) is 20.8 Å². The Bertz CT molecular complexity index is 406. The Morgan fingerprint density at radius 1 is 1.33 bits per heavy atom. The van der Waals surface area contributed by atoms with Gasteiger partial charge in [-0.2, -0.15) is 0 Å². The highest BCUT2D eigenvalue weighted by atomic mass is 16.3. The zero-order valence-corrected chi connectivity index (χ0v) is 13.4. The molecule has 0 spiro atoms. The van der Waals surface area contributed by atoms with E-state index >= 15 is 0 Å². The van der Waals surface area contributed by atoms with Crippen LogP contribution in [0.15, 0.2) is 0 Å². The number of aliphatic hydroxyl groups is 1. The Labute approximate surface area is 126 Å². The number of carbonyl (C=O) groups excluding carboxylic acids is 2. The van der Waals surface area contributed by atoms with Gasteiger partial charge in [0.2, 0.25) is 11.8 Å². The van der Waals surface area contributed by atoms with Crippen LogP contribution in [0.25, 0.3) is 0 Å². The summed E-state index contributed by atoms with van der Waals surface area (Å²) in [4.78, 5) is 23.1. The number of hydrogen-bond donors (Lipinski definition) is 3. The highest BCUT2D eigenvalue weighted by Gasteiger charge is 2.38. The maximum Gasteiger partial charge on any atom is 0.242 e. The van der Waals surface area contributed by atoms with Crippen molar-refractivity contribution in [1.82, 2.24) is 10.6 Å². The lowest BCUT2D eigenvalue weighted by atomic mass is 9.68. The van der Waals surface area contributed by atoms with Crippen LogP contribution >= 0.6 is 0 Å². The lowest BCUT2D eigenvalue weighted by molar-refractivity contribution is -0.127. The van der Waals surface area contributed by atoms with E-state index in [-0.39, 0.29) is 23.8 Å². The van der Waals surface area contributed by atoms with Crippen LogP contribution in [0.1, 0.15) is 59.3 Å². The predicted molar refractivity (Wildman–Crippen MR) is 80.5 cm³/mol. The minimum atomic E-state index is -0.792. The second-order valence-corrected chi connectivity index (χ2v) is 7.74. The number of carbonyl (C=O) groups is 2. The molecule has 5 nitrogen and oxygen atoms in total. The van der Waals surface area contributed by atoms with Crippen molar-refractivity contribution in [2.75, 3.05) is 6.54 Å². The molecular formula is C16H28N2O3. The highest BCUT2D eigenvalue weighted by molar-refractivity contribution is 5.90. The molecule has 2 fully saturated rings. The average molecular weight is 296 g/mol. The van der Waals surface area contributed by atoms with E-state index in [1.165, 1.54) is 0 Å². The molecule has 120 valence electrons. The van der Waals surface area contributed by atoms with Crippen LogP contribution in [0, 0.1) is 11.3 Å². The van der Waals surface area contributed by atoms with Crippen molar-refractivity contribution in [3.05, 3.63) is 0 Å². The molecule has 1 unspecified atom stereocenters. The second kappa shape index (κ2) is 5.95. The molecule has 2 rings (SSSR count). The van der Waals surface area contributed by atoms with E-state index in [0.29, 0.717) is 18.8 Å². The maximum absolute atomic E-state index is 12.0. The molecule has 0 aromatic rings. The third-order valence-electron chi connectivity index (χ3n) is 5.04. The summed E-state index contributed by atoms with van der Waals surface area (Å²) in [5, 5.41) is 16.0. The van der Waals surface area contributed by atoms with E-state index in [9.17, 15) is 14.7 Å². The second-order valence-electron chi connectivity index (χ2n) is 7.74. The molecule has 0 radical (unpaired) electrons. The van der Waals surface area contributed by atoms with Crippen molar-refractivity contribution in [3.63, 3.8) is 0 Å². The Morgan fingerprint density at radius 3 is 2.43 bits per heavy atom. The van der Waals surface area contributed by atoms with E-state index in [1.807, 2.05) is 0 Å². The first-order valence-electron chi connectivity index (χ1n) is 7.99. The molecule has 1 aliphatic carbocycles. The van der Waals surface area contributed by atoms with Crippen LogP contribution in [-0.2, 0) is 9.59 Å². The SMILES string of the molecule is CC(C)(C)C1CCC(O)(CNC(=O)C2CCC(=O)N2)CC1. The van der Waals surface area contributed by atoms with Gasteiger partial charge in [-0.15, -0.1) is 0 Å². The minimum Gasteiger partial charge on any atom is -0.388 e. The monoisotopic (exact) mass is 296 g/mol. The van der Waals surface area contributed by atoms with E-state index in [4.69, 9.17) is 0 Å². The fourth-order valence-corrected chi connectivity index (χ4v) is 3.38. The van der Waals surface area contributed by atoms with Gasteiger partial charge in [0.05, 0.1) is 5.60 Å². The van der Waals surface area contributed by atoms with E-state index in [0.717, 1.165) is 25.7 Å². The van der Waals surface area contributed by atoms with Crippen molar-refractivity contribution in [3.8, 4) is 0 Å². The molecule has 3 N–H and O–H groups in total. The van der Waals surface area contributed by atoms with Gasteiger partial charge < -0.3 is 15.7 Å². The van der Waals surface area contributed by atoms with Crippen LogP contribution in [0.4, 0.5) is 0 Å². The molecule has 2 amide bonds. The molecule has 0 aromatic heterocycles. The summed E-state index contributed by atoms with van der Waals surface area (Å²) < 4.78 is 0. The molecule has 21 heavy (non-hydrogen) atoms. The average Bonchev–Trinajstić information content (AvgIpc) is 2.82. The number of amides is 2. The van der Waals surface area contributed by atoms with Crippen LogP contribution in [0.3, 0.4) is 0 Å².